The van der Waals surface area contributed by atoms with Gasteiger partial charge in [0.15, 0.2) is 0 Å². The molecule has 98 valence electrons. The number of nitrogens with zero attached hydrogens (tertiary/aromatic N) is 2. The fraction of sp³-hybridized carbons (Fsp3) is 0.176. The van der Waals surface area contributed by atoms with Crippen LogP contribution in [0.25, 0.3) is 0 Å². The number of carbonyl (C=O) groups excluding carboxylic acids is 1. The molecule has 1 amide bonds. The highest BCUT2D eigenvalue weighted by Crippen LogP contribution is 2.33. The molecule has 0 N–H and O–H groups in total. The average molecular weight is 262 g/mol. The lowest BCUT2D eigenvalue weighted by Crippen LogP contribution is -2.23. The molecule has 0 radical (unpaired) electrons. The zero-order valence-corrected chi connectivity index (χ0v) is 11.0. The van der Waals surface area contributed by atoms with Crippen LogP contribution in [0.2, 0.25) is 0 Å². The maximum Gasteiger partial charge on any atom is 0.258 e. The number of amides is 1. The van der Waals surface area contributed by atoms with E-state index in [1.807, 2.05) is 47.5 Å². The number of aliphatic imine (C=N–C) groups is 1. The van der Waals surface area contributed by atoms with Crippen LogP contribution in [0.1, 0.15) is 27.9 Å². The van der Waals surface area contributed by atoms with E-state index in [2.05, 4.69) is 11.1 Å². The largest absolute Gasteiger partial charge is 0.304 e. The van der Waals surface area contributed by atoms with E-state index in [1.165, 1.54) is 5.56 Å². The lowest BCUT2D eigenvalue weighted by Gasteiger charge is -2.18. The summed E-state index contributed by atoms with van der Waals surface area (Å²) in [5, 5.41) is 0. The fourth-order valence-electron chi connectivity index (χ4n) is 2.91. The highest BCUT2D eigenvalue weighted by Gasteiger charge is 2.28. The molecule has 2 heterocycles. The molecule has 0 unspecified atom stereocenters. The Kier molecular flexibility index (Phi) is 2.46. The molecule has 0 bridgehead atoms. The summed E-state index contributed by atoms with van der Waals surface area (Å²) in [5.41, 5.74) is 5.16. The Balaban J connectivity index is 1.73. The van der Waals surface area contributed by atoms with Crippen molar-refractivity contribution in [1.82, 2.24) is 0 Å². The van der Waals surface area contributed by atoms with E-state index in [4.69, 9.17) is 0 Å². The standard InChI is InChI=1S/C17H14N2O/c20-17-15-6-2-1-4-13(15)11-19(17)14-7-8-16-12(10-14)5-3-9-18-16/h1-2,4,6-10H,3,5,11H2. The van der Waals surface area contributed by atoms with Crippen molar-refractivity contribution >= 4 is 23.5 Å². The second-order valence-electron chi connectivity index (χ2n) is 5.21. The molecule has 0 aromatic heterocycles. The van der Waals surface area contributed by atoms with Crippen LogP contribution >= 0.6 is 0 Å². The Hall–Kier alpha value is -2.42. The maximum absolute atomic E-state index is 12.5. The van der Waals surface area contributed by atoms with Crippen molar-refractivity contribution in [2.75, 3.05) is 4.90 Å². The number of hydrogen-bond acceptors (Lipinski definition) is 2. The molecular weight excluding hydrogens is 248 g/mol. The molecule has 2 aliphatic rings. The summed E-state index contributed by atoms with van der Waals surface area (Å²) >= 11 is 0. The van der Waals surface area contributed by atoms with Crippen molar-refractivity contribution in [3.8, 4) is 0 Å². The molecule has 0 saturated heterocycles. The van der Waals surface area contributed by atoms with Gasteiger partial charge in [0.1, 0.15) is 0 Å². The van der Waals surface area contributed by atoms with Crippen molar-refractivity contribution < 1.29 is 4.79 Å². The third-order valence-corrected chi connectivity index (χ3v) is 3.97. The van der Waals surface area contributed by atoms with E-state index in [0.717, 1.165) is 35.3 Å². The zero-order chi connectivity index (χ0) is 13.5. The molecule has 20 heavy (non-hydrogen) atoms. The normalized spacial score (nSPS) is 16.2. The van der Waals surface area contributed by atoms with E-state index < -0.39 is 0 Å². The Morgan fingerprint density at radius 2 is 1.95 bits per heavy atom. The van der Waals surface area contributed by atoms with Crippen LogP contribution in [0.15, 0.2) is 47.5 Å². The summed E-state index contributed by atoms with van der Waals surface area (Å²) in [5.74, 6) is 0.0971. The lowest BCUT2D eigenvalue weighted by atomic mass is 10.0. The summed E-state index contributed by atoms with van der Waals surface area (Å²) in [4.78, 5) is 18.7. The van der Waals surface area contributed by atoms with E-state index in [0.29, 0.717) is 6.54 Å². The molecule has 3 heteroatoms. The number of carbonyl (C=O) groups is 1. The van der Waals surface area contributed by atoms with Crippen LogP contribution in [0, 0.1) is 0 Å². The first-order valence-corrected chi connectivity index (χ1v) is 6.88. The average Bonchev–Trinajstić information content (AvgIpc) is 2.84. The Morgan fingerprint density at radius 3 is 2.85 bits per heavy atom. The SMILES string of the molecule is O=C1c2ccccc2CN1c1ccc2c(c1)CCC=N2. The Morgan fingerprint density at radius 1 is 1.05 bits per heavy atom. The second kappa shape index (κ2) is 4.30. The first-order valence-electron chi connectivity index (χ1n) is 6.88. The summed E-state index contributed by atoms with van der Waals surface area (Å²) in [7, 11) is 0. The van der Waals surface area contributed by atoms with Crippen molar-refractivity contribution in [1.29, 1.82) is 0 Å². The lowest BCUT2D eigenvalue weighted by molar-refractivity contribution is 0.0996. The maximum atomic E-state index is 12.5. The smallest absolute Gasteiger partial charge is 0.258 e. The molecule has 4 rings (SSSR count). The minimum Gasteiger partial charge on any atom is -0.304 e. The van der Waals surface area contributed by atoms with Crippen LogP contribution in [0.3, 0.4) is 0 Å². The number of fused-ring (bicyclic) bond motifs is 2. The number of hydrogen-bond donors (Lipinski definition) is 0. The highest BCUT2D eigenvalue weighted by molar-refractivity contribution is 6.10. The van der Waals surface area contributed by atoms with Gasteiger partial charge in [0.2, 0.25) is 0 Å². The van der Waals surface area contributed by atoms with Crippen LogP contribution in [-0.2, 0) is 13.0 Å². The quantitative estimate of drug-likeness (QED) is 0.774. The fourth-order valence-corrected chi connectivity index (χ4v) is 2.91. The van der Waals surface area contributed by atoms with E-state index >= 15 is 0 Å². The monoisotopic (exact) mass is 262 g/mol. The van der Waals surface area contributed by atoms with Gasteiger partial charge in [-0.05, 0) is 48.2 Å². The van der Waals surface area contributed by atoms with E-state index in [9.17, 15) is 4.79 Å². The summed E-state index contributed by atoms with van der Waals surface area (Å²) in [6.07, 6.45) is 3.94. The van der Waals surface area contributed by atoms with Crippen LogP contribution in [0.4, 0.5) is 11.4 Å². The van der Waals surface area contributed by atoms with Gasteiger partial charge in [0.05, 0.1) is 12.2 Å². The van der Waals surface area contributed by atoms with Crippen molar-refractivity contribution in [2.24, 2.45) is 4.99 Å². The van der Waals surface area contributed by atoms with Gasteiger partial charge < -0.3 is 4.90 Å². The third kappa shape index (κ3) is 1.67. The first-order chi connectivity index (χ1) is 9.83. The minimum atomic E-state index is 0.0971. The predicted octanol–water partition coefficient (Wildman–Crippen LogP) is 3.50. The Labute approximate surface area is 117 Å². The molecule has 2 aliphatic heterocycles. The molecular formula is C17H14N2O. The van der Waals surface area contributed by atoms with Crippen molar-refractivity contribution in [3.05, 3.63) is 59.2 Å². The second-order valence-corrected chi connectivity index (χ2v) is 5.21. The third-order valence-electron chi connectivity index (χ3n) is 3.97. The van der Waals surface area contributed by atoms with Gasteiger partial charge in [0.25, 0.3) is 5.91 Å². The number of anilines is 1. The molecule has 0 fully saturated rings. The van der Waals surface area contributed by atoms with Gasteiger partial charge in [-0.25, -0.2) is 0 Å². The predicted molar refractivity (Wildman–Crippen MR) is 79.9 cm³/mol. The van der Waals surface area contributed by atoms with E-state index in [1.54, 1.807) is 0 Å². The van der Waals surface area contributed by atoms with Gasteiger partial charge in [-0.3, -0.25) is 9.79 Å². The number of benzene rings is 2. The van der Waals surface area contributed by atoms with Crippen molar-refractivity contribution in [2.45, 2.75) is 19.4 Å². The van der Waals surface area contributed by atoms with Gasteiger partial charge in [0, 0.05) is 17.5 Å². The molecule has 2 aromatic rings. The minimum absolute atomic E-state index is 0.0971. The first kappa shape index (κ1) is 11.4. The van der Waals surface area contributed by atoms with Gasteiger partial charge in [-0.15, -0.1) is 0 Å². The summed E-state index contributed by atoms with van der Waals surface area (Å²) in [6.45, 7) is 0.664. The highest BCUT2D eigenvalue weighted by atomic mass is 16.2. The number of rotatable bonds is 1. The van der Waals surface area contributed by atoms with E-state index in [-0.39, 0.29) is 5.91 Å². The molecule has 0 spiro atoms. The molecule has 3 nitrogen and oxygen atoms in total. The summed E-state index contributed by atoms with van der Waals surface area (Å²) < 4.78 is 0. The van der Waals surface area contributed by atoms with Gasteiger partial charge in [-0.2, -0.15) is 0 Å². The number of aryl methyl sites for hydroxylation is 1. The van der Waals surface area contributed by atoms with Crippen LogP contribution in [-0.4, -0.2) is 12.1 Å². The topological polar surface area (TPSA) is 32.7 Å². The molecule has 0 atom stereocenters. The van der Waals surface area contributed by atoms with Crippen LogP contribution in [0.5, 0.6) is 0 Å². The van der Waals surface area contributed by atoms with Crippen LogP contribution < -0.4 is 4.90 Å². The zero-order valence-electron chi connectivity index (χ0n) is 11.0. The Bertz CT molecular complexity index is 734. The van der Waals surface area contributed by atoms with Gasteiger partial charge in [-0.1, -0.05) is 18.2 Å². The van der Waals surface area contributed by atoms with Gasteiger partial charge >= 0.3 is 0 Å². The molecule has 0 aliphatic carbocycles. The molecule has 2 aromatic carbocycles. The van der Waals surface area contributed by atoms with Crippen molar-refractivity contribution in [3.63, 3.8) is 0 Å². The summed E-state index contributed by atoms with van der Waals surface area (Å²) in [6, 6.07) is 13.9. The molecule has 0 saturated carbocycles.